The van der Waals surface area contributed by atoms with E-state index in [0.717, 1.165) is 21.0 Å². The van der Waals surface area contributed by atoms with Gasteiger partial charge in [0, 0.05) is 17.1 Å². The maximum atomic E-state index is 14.0. The zero-order chi connectivity index (χ0) is 29.8. The van der Waals surface area contributed by atoms with Crippen molar-refractivity contribution >= 4 is 39.1 Å². The van der Waals surface area contributed by atoms with Crippen LogP contribution < -0.4 is 9.62 Å². The fourth-order valence-electron chi connectivity index (χ4n) is 4.32. The Morgan fingerprint density at radius 2 is 1.55 bits per heavy atom. The molecule has 214 valence electrons. The van der Waals surface area contributed by atoms with Gasteiger partial charge in [-0.3, -0.25) is 13.9 Å². The van der Waals surface area contributed by atoms with Gasteiger partial charge >= 0.3 is 0 Å². The quantitative estimate of drug-likeness (QED) is 0.345. The number of nitrogens with zero attached hydrogens (tertiary/aromatic N) is 2. The Balaban J connectivity index is 2.08. The summed E-state index contributed by atoms with van der Waals surface area (Å²) in [5.41, 5.74) is 3.19. The fourth-order valence-corrected chi connectivity index (χ4v) is 6.02. The van der Waals surface area contributed by atoms with Crippen molar-refractivity contribution in [3.8, 4) is 0 Å². The lowest BCUT2D eigenvalue weighted by molar-refractivity contribution is -0.140. The van der Waals surface area contributed by atoms with E-state index in [4.69, 9.17) is 11.6 Å². The molecule has 7 nitrogen and oxygen atoms in total. The molecule has 9 heteroatoms. The zero-order valence-corrected chi connectivity index (χ0v) is 25.7. The molecule has 0 aromatic heterocycles. The Morgan fingerprint density at radius 1 is 0.925 bits per heavy atom. The van der Waals surface area contributed by atoms with Gasteiger partial charge in [-0.2, -0.15) is 0 Å². The molecular weight excluding hydrogens is 546 g/mol. The first kappa shape index (κ1) is 31.2. The molecule has 3 aromatic carbocycles. The summed E-state index contributed by atoms with van der Waals surface area (Å²) in [7, 11) is -4.12. The summed E-state index contributed by atoms with van der Waals surface area (Å²) in [4.78, 5) is 28.7. The van der Waals surface area contributed by atoms with Gasteiger partial charge < -0.3 is 10.2 Å². The zero-order valence-electron chi connectivity index (χ0n) is 24.2. The average molecular weight is 584 g/mol. The van der Waals surface area contributed by atoms with Crippen LogP contribution in [0.5, 0.6) is 0 Å². The number of benzene rings is 3. The van der Waals surface area contributed by atoms with Crippen molar-refractivity contribution < 1.29 is 18.0 Å². The molecule has 0 spiro atoms. The van der Waals surface area contributed by atoms with E-state index >= 15 is 0 Å². The molecule has 0 radical (unpaired) electrons. The molecule has 40 heavy (non-hydrogen) atoms. The number of nitrogens with one attached hydrogen (secondary N) is 1. The summed E-state index contributed by atoms with van der Waals surface area (Å²) in [5, 5.41) is 3.42. The van der Waals surface area contributed by atoms with E-state index in [9.17, 15) is 18.0 Å². The van der Waals surface area contributed by atoms with Gasteiger partial charge in [-0.15, -0.1) is 0 Å². The molecule has 1 atom stereocenters. The first-order valence-corrected chi connectivity index (χ1v) is 14.9. The van der Waals surface area contributed by atoms with Crippen LogP contribution in [0.15, 0.2) is 71.6 Å². The molecule has 0 saturated carbocycles. The van der Waals surface area contributed by atoms with Crippen molar-refractivity contribution in [2.24, 2.45) is 0 Å². The lowest BCUT2D eigenvalue weighted by atomic mass is 10.1. The van der Waals surface area contributed by atoms with Crippen molar-refractivity contribution in [1.82, 2.24) is 10.2 Å². The monoisotopic (exact) mass is 583 g/mol. The van der Waals surface area contributed by atoms with Crippen LogP contribution in [0, 0.1) is 20.8 Å². The van der Waals surface area contributed by atoms with Gasteiger partial charge in [-0.1, -0.05) is 59.1 Å². The lowest BCUT2D eigenvalue weighted by Crippen LogP contribution is -2.54. The Bertz CT molecular complexity index is 1480. The Kier molecular flexibility index (Phi) is 9.69. The van der Waals surface area contributed by atoms with Crippen LogP contribution in [0.4, 0.5) is 5.69 Å². The van der Waals surface area contributed by atoms with E-state index in [2.05, 4.69) is 5.32 Å². The second-order valence-corrected chi connectivity index (χ2v) is 13.5. The minimum Gasteiger partial charge on any atom is -0.350 e. The standard InChI is InChI=1S/C31H38ClN3O4S/c1-21-11-14-27(15-12-21)40(38,39)35(28-16-13-22(2)17-23(28)3)20-29(36)34(19-25-9-8-10-26(32)18-25)24(4)30(37)33-31(5,6)7/h8-18,24H,19-20H2,1-7H3,(H,33,37)/t24-/m1/s1. The van der Waals surface area contributed by atoms with Gasteiger partial charge in [0.25, 0.3) is 10.0 Å². The van der Waals surface area contributed by atoms with Gasteiger partial charge in [-0.25, -0.2) is 8.42 Å². The molecule has 3 rings (SSSR count). The number of hydrogen-bond donors (Lipinski definition) is 1. The summed E-state index contributed by atoms with van der Waals surface area (Å²) in [6, 6.07) is 18.1. The topological polar surface area (TPSA) is 86.8 Å². The predicted molar refractivity (Wildman–Crippen MR) is 161 cm³/mol. The summed E-state index contributed by atoms with van der Waals surface area (Å²) < 4.78 is 29.1. The van der Waals surface area contributed by atoms with Crippen molar-refractivity contribution in [3.05, 3.63) is 94.0 Å². The van der Waals surface area contributed by atoms with Crippen molar-refractivity contribution in [1.29, 1.82) is 0 Å². The van der Waals surface area contributed by atoms with Crippen molar-refractivity contribution in [2.75, 3.05) is 10.8 Å². The SMILES string of the molecule is Cc1ccc(S(=O)(=O)N(CC(=O)N(Cc2cccc(Cl)c2)[C@H](C)C(=O)NC(C)(C)C)c2ccc(C)cc2C)cc1. The van der Waals surface area contributed by atoms with Crippen LogP contribution in [0.1, 0.15) is 49.9 Å². The minimum atomic E-state index is -4.12. The third kappa shape index (κ3) is 7.86. The first-order chi connectivity index (χ1) is 18.6. The number of carbonyl (C=O) groups excluding carboxylic acids is 2. The van der Waals surface area contributed by atoms with Crippen LogP contribution in [0.25, 0.3) is 0 Å². The number of halogens is 1. The highest BCUT2D eigenvalue weighted by molar-refractivity contribution is 7.92. The van der Waals surface area contributed by atoms with Crippen molar-refractivity contribution in [3.63, 3.8) is 0 Å². The number of aryl methyl sites for hydroxylation is 3. The smallest absolute Gasteiger partial charge is 0.264 e. The number of amides is 2. The lowest BCUT2D eigenvalue weighted by Gasteiger charge is -2.34. The molecule has 3 aromatic rings. The van der Waals surface area contributed by atoms with Crippen LogP contribution in [-0.2, 0) is 26.2 Å². The number of hydrogen-bond acceptors (Lipinski definition) is 4. The summed E-state index contributed by atoms with van der Waals surface area (Å²) in [5.74, 6) is -0.866. The van der Waals surface area contributed by atoms with Gasteiger partial charge in [-0.05, 0) is 89.9 Å². The van der Waals surface area contributed by atoms with E-state index in [-0.39, 0.29) is 17.3 Å². The summed E-state index contributed by atoms with van der Waals surface area (Å²) >= 11 is 6.20. The van der Waals surface area contributed by atoms with E-state index in [0.29, 0.717) is 16.3 Å². The Labute approximate surface area is 243 Å². The molecule has 0 aliphatic heterocycles. The summed E-state index contributed by atoms with van der Waals surface area (Å²) in [6.07, 6.45) is 0. The minimum absolute atomic E-state index is 0.0728. The number of rotatable bonds is 9. The highest BCUT2D eigenvalue weighted by atomic mass is 35.5. The van der Waals surface area contributed by atoms with Crippen LogP contribution in [-0.4, -0.2) is 43.3 Å². The fraction of sp³-hybridized carbons (Fsp3) is 0.355. The predicted octanol–water partition coefficient (Wildman–Crippen LogP) is 5.79. The molecule has 0 aliphatic carbocycles. The number of sulfonamides is 1. The number of carbonyl (C=O) groups is 2. The molecule has 0 heterocycles. The molecule has 0 bridgehead atoms. The third-order valence-corrected chi connectivity index (χ3v) is 8.43. The molecule has 0 saturated heterocycles. The first-order valence-electron chi connectivity index (χ1n) is 13.1. The van der Waals surface area contributed by atoms with Gasteiger partial charge in [0.15, 0.2) is 0 Å². The molecule has 0 fully saturated rings. The second-order valence-electron chi connectivity index (χ2n) is 11.2. The van der Waals surface area contributed by atoms with E-state index < -0.39 is 34.1 Å². The van der Waals surface area contributed by atoms with E-state index in [1.807, 2.05) is 59.7 Å². The molecule has 1 N–H and O–H groups in total. The Hall–Kier alpha value is -3.36. The molecule has 2 amide bonds. The van der Waals surface area contributed by atoms with Gasteiger partial charge in [0.2, 0.25) is 11.8 Å². The second kappa shape index (κ2) is 12.4. The normalized spacial score (nSPS) is 12.5. The maximum absolute atomic E-state index is 14.0. The van der Waals surface area contributed by atoms with Crippen LogP contribution in [0.2, 0.25) is 5.02 Å². The van der Waals surface area contributed by atoms with Crippen molar-refractivity contribution in [2.45, 2.75) is 71.5 Å². The van der Waals surface area contributed by atoms with Crippen LogP contribution in [0.3, 0.4) is 0 Å². The Morgan fingerprint density at radius 3 is 2.12 bits per heavy atom. The van der Waals surface area contributed by atoms with E-state index in [1.165, 1.54) is 17.0 Å². The average Bonchev–Trinajstić information content (AvgIpc) is 2.85. The molecule has 0 aliphatic rings. The highest BCUT2D eigenvalue weighted by Gasteiger charge is 2.34. The molecular formula is C31H38ClN3O4S. The highest BCUT2D eigenvalue weighted by Crippen LogP contribution is 2.28. The maximum Gasteiger partial charge on any atom is 0.264 e. The molecule has 0 unspecified atom stereocenters. The van der Waals surface area contributed by atoms with Gasteiger partial charge in [0.05, 0.1) is 10.6 Å². The number of anilines is 1. The summed E-state index contributed by atoms with van der Waals surface area (Å²) in [6.45, 7) is 12.4. The van der Waals surface area contributed by atoms with E-state index in [1.54, 1.807) is 43.3 Å². The van der Waals surface area contributed by atoms with Gasteiger partial charge in [0.1, 0.15) is 12.6 Å². The third-order valence-electron chi connectivity index (χ3n) is 6.42. The largest absolute Gasteiger partial charge is 0.350 e. The van der Waals surface area contributed by atoms with Crippen LogP contribution >= 0.6 is 11.6 Å².